The summed E-state index contributed by atoms with van der Waals surface area (Å²) in [6.45, 7) is 1.82. The fraction of sp³-hybridized carbons (Fsp3) is 0.235. The predicted octanol–water partition coefficient (Wildman–Crippen LogP) is 2.69. The summed E-state index contributed by atoms with van der Waals surface area (Å²) in [6, 6.07) is 13.3. The first kappa shape index (κ1) is 15.0. The predicted molar refractivity (Wildman–Crippen MR) is 83.1 cm³/mol. The average Bonchev–Trinajstić information content (AvgIpc) is 2.86. The third-order valence-corrected chi connectivity index (χ3v) is 3.80. The molecule has 2 aromatic rings. The van der Waals surface area contributed by atoms with Crippen molar-refractivity contribution in [3.63, 3.8) is 0 Å². The molecular weight excluding hydrogens is 296 g/mol. The SMILES string of the molecule is C[C@@H](NC(=O)ON1C(=O)CCC1=O)c1cccc2ccccc12. The highest BCUT2D eigenvalue weighted by molar-refractivity contribution is 6.01. The van der Waals surface area contributed by atoms with Gasteiger partial charge in [0.15, 0.2) is 0 Å². The molecule has 0 saturated carbocycles. The van der Waals surface area contributed by atoms with Gasteiger partial charge >= 0.3 is 6.09 Å². The molecular formula is C17H16N2O4. The van der Waals surface area contributed by atoms with Gasteiger partial charge in [0.1, 0.15) is 0 Å². The average molecular weight is 312 g/mol. The molecule has 1 aliphatic heterocycles. The fourth-order valence-electron chi connectivity index (χ4n) is 2.65. The van der Waals surface area contributed by atoms with Gasteiger partial charge < -0.3 is 10.2 Å². The van der Waals surface area contributed by atoms with Gasteiger partial charge in [-0.15, -0.1) is 5.06 Å². The van der Waals surface area contributed by atoms with Crippen molar-refractivity contribution in [3.8, 4) is 0 Å². The van der Waals surface area contributed by atoms with Crippen molar-refractivity contribution in [2.24, 2.45) is 0 Å². The smallest absolute Gasteiger partial charge is 0.313 e. The Morgan fingerprint density at radius 2 is 1.74 bits per heavy atom. The van der Waals surface area contributed by atoms with Crippen LogP contribution in [0.15, 0.2) is 42.5 Å². The van der Waals surface area contributed by atoms with Crippen molar-refractivity contribution >= 4 is 28.7 Å². The van der Waals surface area contributed by atoms with Gasteiger partial charge in [0, 0.05) is 12.8 Å². The van der Waals surface area contributed by atoms with Crippen LogP contribution in [-0.2, 0) is 14.4 Å². The maximum absolute atomic E-state index is 11.9. The van der Waals surface area contributed by atoms with Crippen LogP contribution in [0.2, 0.25) is 0 Å². The zero-order chi connectivity index (χ0) is 16.4. The van der Waals surface area contributed by atoms with Crippen LogP contribution in [0.3, 0.4) is 0 Å². The van der Waals surface area contributed by atoms with Gasteiger partial charge in [-0.2, -0.15) is 0 Å². The molecule has 118 valence electrons. The first-order valence-corrected chi connectivity index (χ1v) is 7.38. The summed E-state index contributed by atoms with van der Waals surface area (Å²) < 4.78 is 0. The Balaban J connectivity index is 1.73. The van der Waals surface area contributed by atoms with Gasteiger partial charge in [0.05, 0.1) is 6.04 Å². The molecule has 1 fully saturated rings. The zero-order valence-electron chi connectivity index (χ0n) is 12.6. The van der Waals surface area contributed by atoms with Crippen molar-refractivity contribution in [3.05, 3.63) is 48.0 Å². The number of hydrogen-bond acceptors (Lipinski definition) is 4. The largest absolute Gasteiger partial charge is 0.432 e. The normalized spacial score (nSPS) is 15.8. The minimum absolute atomic E-state index is 0.0744. The third kappa shape index (κ3) is 3.01. The van der Waals surface area contributed by atoms with Gasteiger partial charge in [-0.1, -0.05) is 42.5 Å². The van der Waals surface area contributed by atoms with Crippen molar-refractivity contribution in [2.75, 3.05) is 0 Å². The molecule has 0 spiro atoms. The fourth-order valence-corrected chi connectivity index (χ4v) is 2.65. The standard InChI is InChI=1S/C17H16N2O4/c1-11(13-8-4-6-12-5-2-3-7-14(12)13)18-17(22)23-19-15(20)9-10-16(19)21/h2-8,11H,9-10H2,1H3,(H,18,22)/t11-/m1/s1. The van der Waals surface area contributed by atoms with Crippen LogP contribution in [0.25, 0.3) is 10.8 Å². The summed E-state index contributed by atoms with van der Waals surface area (Å²) in [7, 11) is 0. The van der Waals surface area contributed by atoms with Crippen LogP contribution in [-0.4, -0.2) is 23.0 Å². The summed E-state index contributed by atoms with van der Waals surface area (Å²) in [5.74, 6) is -0.995. The number of nitrogens with one attached hydrogen (secondary N) is 1. The molecule has 0 unspecified atom stereocenters. The van der Waals surface area contributed by atoms with Crippen molar-refractivity contribution in [2.45, 2.75) is 25.8 Å². The molecule has 0 bridgehead atoms. The number of nitrogens with zero attached hydrogens (tertiary/aromatic N) is 1. The van der Waals surface area contributed by atoms with E-state index in [1.165, 1.54) is 0 Å². The Bertz CT molecular complexity index is 766. The van der Waals surface area contributed by atoms with Crippen molar-refractivity contribution in [1.82, 2.24) is 10.4 Å². The summed E-state index contributed by atoms with van der Waals surface area (Å²) in [5, 5.41) is 5.27. The van der Waals surface area contributed by atoms with E-state index in [4.69, 9.17) is 4.84 Å². The molecule has 0 aliphatic carbocycles. The first-order valence-electron chi connectivity index (χ1n) is 7.38. The molecule has 1 aliphatic rings. The number of hydrogen-bond donors (Lipinski definition) is 1. The summed E-state index contributed by atoms with van der Waals surface area (Å²) in [5.41, 5.74) is 0.930. The second-order valence-corrected chi connectivity index (χ2v) is 5.40. The van der Waals surface area contributed by atoms with Gasteiger partial charge in [0.25, 0.3) is 11.8 Å². The molecule has 0 aromatic heterocycles. The number of carbonyl (C=O) groups is 3. The highest BCUT2D eigenvalue weighted by Crippen LogP contribution is 2.24. The van der Waals surface area contributed by atoms with Crippen LogP contribution in [0.1, 0.15) is 31.4 Å². The number of imide groups is 1. The van der Waals surface area contributed by atoms with E-state index in [9.17, 15) is 14.4 Å². The minimum Gasteiger partial charge on any atom is -0.313 e. The lowest BCUT2D eigenvalue weighted by molar-refractivity contribution is -0.171. The zero-order valence-corrected chi connectivity index (χ0v) is 12.6. The van der Waals surface area contributed by atoms with E-state index in [0.717, 1.165) is 16.3 Å². The van der Waals surface area contributed by atoms with Gasteiger partial charge in [0.2, 0.25) is 0 Å². The van der Waals surface area contributed by atoms with Crippen LogP contribution < -0.4 is 5.32 Å². The molecule has 6 nitrogen and oxygen atoms in total. The second kappa shape index (κ2) is 6.08. The Kier molecular flexibility index (Phi) is 3.97. The lowest BCUT2D eigenvalue weighted by atomic mass is 10.00. The molecule has 1 saturated heterocycles. The van der Waals surface area contributed by atoms with Gasteiger partial charge in [-0.3, -0.25) is 9.59 Å². The van der Waals surface area contributed by atoms with E-state index in [0.29, 0.717) is 5.06 Å². The molecule has 2 aromatic carbocycles. The third-order valence-electron chi connectivity index (χ3n) is 3.80. The molecule has 0 radical (unpaired) electrons. The number of rotatable bonds is 3. The summed E-state index contributed by atoms with van der Waals surface area (Å²) in [4.78, 5) is 39.7. The van der Waals surface area contributed by atoms with E-state index in [1.54, 1.807) is 0 Å². The second-order valence-electron chi connectivity index (χ2n) is 5.40. The van der Waals surface area contributed by atoms with Crippen LogP contribution in [0.5, 0.6) is 0 Å². The number of hydroxylamine groups is 2. The number of benzene rings is 2. The molecule has 1 atom stereocenters. The highest BCUT2D eigenvalue weighted by Gasteiger charge is 2.33. The number of carbonyl (C=O) groups excluding carboxylic acids is 3. The number of amides is 3. The molecule has 1 heterocycles. The molecule has 23 heavy (non-hydrogen) atoms. The Hall–Kier alpha value is -2.89. The lowest BCUT2D eigenvalue weighted by Crippen LogP contribution is -2.37. The van der Waals surface area contributed by atoms with Crippen LogP contribution in [0.4, 0.5) is 4.79 Å². The van der Waals surface area contributed by atoms with E-state index < -0.39 is 17.9 Å². The van der Waals surface area contributed by atoms with E-state index >= 15 is 0 Å². The first-order chi connectivity index (χ1) is 11.1. The van der Waals surface area contributed by atoms with Gasteiger partial charge in [-0.05, 0) is 23.3 Å². The van der Waals surface area contributed by atoms with E-state index in [2.05, 4.69) is 5.32 Å². The number of fused-ring (bicyclic) bond motifs is 1. The maximum Gasteiger partial charge on any atom is 0.432 e. The van der Waals surface area contributed by atoms with Crippen LogP contribution in [0, 0.1) is 0 Å². The highest BCUT2D eigenvalue weighted by atomic mass is 16.7. The lowest BCUT2D eigenvalue weighted by Gasteiger charge is -2.18. The van der Waals surface area contributed by atoms with E-state index in [1.807, 2.05) is 49.4 Å². The summed E-state index contributed by atoms with van der Waals surface area (Å²) in [6.07, 6.45) is -0.676. The summed E-state index contributed by atoms with van der Waals surface area (Å²) >= 11 is 0. The molecule has 3 amide bonds. The van der Waals surface area contributed by atoms with Gasteiger partial charge in [-0.25, -0.2) is 4.79 Å². The quantitative estimate of drug-likeness (QED) is 0.884. The van der Waals surface area contributed by atoms with Crippen LogP contribution >= 0.6 is 0 Å². The molecule has 1 N–H and O–H groups in total. The van der Waals surface area contributed by atoms with Crippen molar-refractivity contribution in [1.29, 1.82) is 0 Å². The topological polar surface area (TPSA) is 75.7 Å². The molecule has 6 heteroatoms. The van der Waals surface area contributed by atoms with Crippen molar-refractivity contribution < 1.29 is 19.2 Å². The monoisotopic (exact) mass is 312 g/mol. The minimum atomic E-state index is -0.825. The Morgan fingerprint density at radius 1 is 1.09 bits per heavy atom. The Morgan fingerprint density at radius 3 is 2.48 bits per heavy atom. The van der Waals surface area contributed by atoms with E-state index in [-0.39, 0.29) is 18.9 Å². The maximum atomic E-state index is 11.9. The Labute approximate surface area is 133 Å². The molecule has 3 rings (SSSR count).